The number of esters is 1. The summed E-state index contributed by atoms with van der Waals surface area (Å²) in [4.78, 5) is 10.6. The first kappa shape index (κ1) is 9.92. The summed E-state index contributed by atoms with van der Waals surface area (Å²) in [6, 6.07) is 3.30. The topological polar surface area (TPSA) is 26.3 Å². The first-order valence-electron chi connectivity index (χ1n) is 3.36. The first-order valence-corrected chi connectivity index (χ1v) is 3.89. The fraction of sp³-hybridized carbons (Fsp3) is 0.125. The molecule has 70 valence electrons. The fourth-order valence-electron chi connectivity index (χ4n) is 0.713. The molecule has 0 saturated heterocycles. The Morgan fingerprint density at radius 1 is 1.46 bits per heavy atom. The Bertz CT molecular complexity index is 328. The van der Waals surface area contributed by atoms with Crippen molar-refractivity contribution in [3.63, 3.8) is 0 Å². The van der Waals surface area contributed by atoms with E-state index in [0.717, 1.165) is 12.1 Å². The van der Waals surface area contributed by atoms with Crippen molar-refractivity contribution in [3.05, 3.63) is 29.8 Å². The zero-order chi connectivity index (χ0) is 9.84. The van der Waals surface area contributed by atoms with Gasteiger partial charge in [0.1, 0.15) is 5.88 Å². The molecule has 0 heterocycles. The average Bonchev–Trinajstić information content (AvgIpc) is 2.13. The van der Waals surface area contributed by atoms with Crippen LogP contribution in [0.15, 0.2) is 18.2 Å². The second kappa shape index (κ2) is 4.18. The Hall–Kier alpha value is -1.16. The lowest BCUT2D eigenvalue weighted by atomic mass is 10.3. The maximum atomic E-state index is 12.8. The summed E-state index contributed by atoms with van der Waals surface area (Å²) < 4.78 is 29.7. The lowest BCUT2D eigenvalue weighted by Crippen LogP contribution is -2.10. The van der Waals surface area contributed by atoms with E-state index >= 15 is 0 Å². The molecule has 0 aliphatic rings. The van der Waals surface area contributed by atoms with Crippen molar-refractivity contribution >= 4 is 17.6 Å². The van der Waals surface area contributed by atoms with E-state index in [-0.39, 0.29) is 0 Å². The molecule has 0 radical (unpaired) electrons. The molecule has 0 aliphatic carbocycles. The third-order valence-corrected chi connectivity index (χ3v) is 1.47. The van der Waals surface area contributed by atoms with Gasteiger partial charge in [0.15, 0.2) is 11.6 Å². The maximum Gasteiger partial charge on any atom is 0.326 e. The Kier molecular flexibility index (Phi) is 3.19. The van der Waals surface area contributed by atoms with Gasteiger partial charge in [-0.1, -0.05) is 6.07 Å². The molecule has 0 aromatic heterocycles. The largest absolute Gasteiger partial charge is 0.422 e. The highest BCUT2D eigenvalue weighted by molar-refractivity contribution is 6.26. The molecule has 0 spiro atoms. The van der Waals surface area contributed by atoms with Gasteiger partial charge >= 0.3 is 5.97 Å². The number of rotatable bonds is 2. The zero-order valence-corrected chi connectivity index (χ0v) is 7.15. The number of hydrogen-bond donors (Lipinski definition) is 0. The van der Waals surface area contributed by atoms with E-state index in [0.29, 0.717) is 0 Å². The molecule has 1 rings (SSSR count). The van der Waals surface area contributed by atoms with Gasteiger partial charge in [-0.3, -0.25) is 4.79 Å². The average molecular weight is 207 g/mol. The van der Waals surface area contributed by atoms with E-state index in [1.807, 2.05) is 0 Å². The summed E-state index contributed by atoms with van der Waals surface area (Å²) in [7, 11) is 0. The molecular formula is C8H5ClF2O2. The third-order valence-electron chi connectivity index (χ3n) is 1.25. The predicted octanol–water partition coefficient (Wildman–Crippen LogP) is 2.11. The monoisotopic (exact) mass is 206 g/mol. The van der Waals surface area contributed by atoms with Gasteiger partial charge in [-0.2, -0.15) is 4.39 Å². The molecular weight excluding hydrogens is 202 g/mol. The number of hydrogen-bond acceptors (Lipinski definition) is 2. The summed E-state index contributed by atoms with van der Waals surface area (Å²) in [5.74, 6) is -3.95. The number of ether oxygens (including phenoxy) is 1. The number of carbonyl (C=O) groups excluding carboxylic acids is 1. The van der Waals surface area contributed by atoms with E-state index < -0.39 is 29.2 Å². The molecule has 0 fully saturated rings. The predicted molar refractivity (Wildman–Crippen MR) is 42.7 cm³/mol. The molecule has 2 nitrogen and oxygen atoms in total. The van der Waals surface area contributed by atoms with Crippen LogP contribution in [0.5, 0.6) is 5.75 Å². The lowest BCUT2D eigenvalue weighted by Gasteiger charge is -2.02. The van der Waals surface area contributed by atoms with Crippen LogP contribution in [0, 0.1) is 11.6 Å². The van der Waals surface area contributed by atoms with Gasteiger partial charge in [-0.25, -0.2) is 4.39 Å². The van der Waals surface area contributed by atoms with Gasteiger partial charge in [0.2, 0.25) is 5.82 Å². The van der Waals surface area contributed by atoms with Crippen LogP contribution in [-0.4, -0.2) is 11.8 Å². The van der Waals surface area contributed by atoms with Crippen molar-refractivity contribution in [2.45, 2.75) is 0 Å². The van der Waals surface area contributed by atoms with Gasteiger partial charge < -0.3 is 4.74 Å². The van der Waals surface area contributed by atoms with Crippen LogP contribution in [0.3, 0.4) is 0 Å². The second-order valence-electron chi connectivity index (χ2n) is 2.16. The molecule has 5 heteroatoms. The zero-order valence-electron chi connectivity index (χ0n) is 6.39. The summed E-state index contributed by atoms with van der Waals surface area (Å²) in [6.45, 7) is 0. The van der Waals surface area contributed by atoms with Gasteiger partial charge in [-0.05, 0) is 12.1 Å². The van der Waals surface area contributed by atoms with Crippen molar-refractivity contribution < 1.29 is 18.3 Å². The minimum absolute atomic E-state index is 0.407. The van der Waals surface area contributed by atoms with Gasteiger partial charge in [-0.15, -0.1) is 11.6 Å². The van der Waals surface area contributed by atoms with Crippen molar-refractivity contribution in [2.24, 2.45) is 0 Å². The molecule has 0 amide bonds. The quantitative estimate of drug-likeness (QED) is 0.421. The van der Waals surface area contributed by atoms with Crippen molar-refractivity contribution in [2.75, 3.05) is 5.88 Å². The van der Waals surface area contributed by atoms with Crippen LogP contribution in [0.1, 0.15) is 0 Å². The Morgan fingerprint density at radius 3 is 2.77 bits per heavy atom. The first-order chi connectivity index (χ1) is 6.15. The maximum absolute atomic E-state index is 12.8. The molecule has 0 bridgehead atoms. The molecule has 0 aliphatic heterocycles. The number of benzene rings is 1. The highest BCUT2D eigenvalue weighted by Gasteiger charge is 2.11. The number of carbonyl (C=O) groups is 1. The highest BCUT2D eigenvalue weighted by Crippen LogP contribution is 2.19. The van der Waals surface area contributed by atoms with Crippen LogP contribution in [-0.2, 0) is 4.79 Å². The van der Waals surface area contributed by atoms with Crippen LogP contribution in [0.25, 0.3) is 0 Å². The van der Waals surface area contributed by atoms with Crippen LogP contribution in [0.4, 0.5) is 8.78 Å². The van der Waals surface area contributed by atoms with E-state index in [1.54, 1.807) is 0 Å². The van der Waals surface area contributed by atoms with Crippen LogP contribution >= 0.6 is 11.6 Å². The Labute approximate surface area is 78.1 Å². The number of alkyl halides is 1. The minimum atomic E-state index is -1.19. The lowest BCUT2D eigenvalue weighted by molar-refractivity contribution is -0.131. The smallest absolute Gasteiger partial charge is 0.326 e. The van der Waals surface area contributed by atoms with Crippen molar-refractivity contribution in [1.82, 2.24) is 0 Å². The molecule has 13 heavy (non-hydrogen) atoms. The summed E-state index contributed by atoms with van der Waals surface area (Å²) >= 11 is 5.10. The van der Waals surface area contributed by atoms with E-state index in [2.05, 4.69) is 4.74 Å². The summed E-state index contributed by atoms with van der Waals surface area (Å²) in [5, 5.41) is 0. The fourth-order valence-corrected chi connectivity index (χ4v) is 0.767. The molecule has 1 aromatic carbocycles. The second-order valence-corrected chi connectivity index (χ2v) is 2.43. The number of halogens is 3. The van der Waals surface area contributed by atoms with E-state index in [1.165, 1.54) is 6.07 Å². The molecule has 0 atom stereocenters. The van der Waals surface area contributed by atoms with Crippen LogP contribution in [0.2, 0.25) is 0 Å². The summed E-state index contributed by atoms with van der Waals surface area (Å²) in [6.07, 6.45) is 0. The Balaban J connectivity index is 2.89. The van der Waals surface area contributed by atoms with Crippen molar-refractivity contribution in [3.8, 4) is 5.75 Å². The van der Waals surface area contributed by atoms with Crippen molar-refractivity contribution in [1.29, 1.82) is 0 Å². The molecule has 0 N–H and O–H groups in total. The molecule has 0 saturated carbocycles. The van der Waals surface area contributed by atoms with Gasteiger partial charge in [0.25, 0.3) is 0 Å². The van der Waals surface area contributed by atoms with Gasteiger partial charge in [0, 0.05) is 0 Å². The SMILES string of the molecule is O=C(CCl)Oc1cccc(F)c1F. The molecule has 1 aromatic rings. The Morgan fingerprint density at radius 2 is 2.15 bits per heavy atom. The van der Waals surface area contributed by atoms with Gasteiger partial charge in [0.05, 0.1) is 0 Å². The summed E-state index contributed by atoms with van der Waals surface area (Å²) in [5.41, 5.74) is 0. The van der Waals surface area contributed by atoms with E-state index in [4.69, 9.17) is 11.6 Å². The van der Waals surface area contributed by atoms with Crippen LogP contribution < -0.4 is 4.74 Å². The van der Waals surface area contributed by atoms with E-state index in [9.17, 15) is 13.6 Å². The third kappa shape index (κ3) is 2.39. The highest BCUT2D eigenvalue weighted by atomic mass is 35.5. The standard InChI is InChI=1S/C8H5ClF2O2/c9-4-7(12)13-6-3-1-2-5(10)8(6)11/h1-3H,4H2. The normalized spacial score (nSPS) is 9.77. The molecule has 0 unspecified atom stereocenters. The minimum Gasteiger partial charge on any atom is -0.422 e.